The van der Waals surface area contributed by atoms with Crippen LogP contribution in [0.3, 0.4) is 0 Å². The molecule has 0 N–H and O–H groups in total. The Kier molecular flexibility index (Phi) is 5.71. The Hall–Kier alpha value is -1.63. The highest BCUT2D eigenvalue weighted by atomic mass is 16.7. The zero-order valence-corrected chi connectivity index (χ0v) is 14.1. The van der Waals surface area contributed by atoms with Crippen LogP contribution in [0.2, 0.25) is 0 Å². The average Bonchev–Trinajstić information content (AvgIpc) is 3.16. The van der Waals surface area contributed by atoms with Gasteiger partial charge >= 0.3 is 5.97 Å². The molecular weight excluding hydrogens is 312 g/mol. The van der Waals surface area contributed by atoms with Gasteiger partial charge in [-0.25, -0.2) is 0 Å². The van der Waals surface area contributed by atoms with Crippen molar-refractivity contribution in [2.24, 2.45) is 11.8 Å². The summed E-state index contributed by atoms with van der Waals surface area (Å²) in [4.78, 5) is 12.0. The van der Waals surface area contributed by atoms with E-state index >= 15 is 0 Å². The minimum Gasteiger partial charge on any atom is -0.497 e. The lowest BCUT2D eigenvalue weighted by molar-refractivity contribution is -0.148. The molecule has 0 unspecified atom stereocenters. The lowest BCUT2D eigenvalue weighted by Gasteiger charge is -2.23. The van der Waals surface area contributed by atoms with Crippen molar-refractivity contribution in [2.45, 2.75) is 31.7 Å². The molecule has 1 heterocycles. The number of methoxy groups -OCH3 is 2. The monoisotopic (exact) mass is 336 g/mol. The van der Waals surface area contributed by atoms with Crippen LogP contribution in [0, 0.1) is 11.8 Å². The summed E-state index contributed by atoms with van der Waals surface area (Å²) in [5.74, 6) is 0.682. The van der Waals surface area contributed by atoms with Gasteiger partial charge in [0.15, 0.2) is 0 Å². The Morgan fingerprint density at radius 2 is 1.96 bits per heavy atom. The predicted molar refractivity (Wildman–Crippen MR) is 85.5 cm³/mol. The van der Waals surface area contributed by atoms with Gasteiger partial charge < -0.3 is 23.7 Å². The first kappa shape index (κ1) is 17.2. The van der Waals surface area contributed by atoms with Crippen molar-refractivity contribution in [3.63, 3.8) is 0 Å². The summed E-state index contributed by atoms with van der Waals surface area (Å²) in [6.45, 7) is 1.09. The first-order chi connectivity index (χ1) is 11.7. The second kappa shape index (κ2) is 7.96. The molecule has 2 aliphatic rings. The quantitative estimate of drug-likeness (QED) is 0.535. The molecule has 0 bridgehead atoms. The molecule has 1 aliphatic heterocycles. The summed E-state index contributed by atoms with van der Waals surface area (Å²) in [6.07, 6.45) is 1.43. The number of rotatable bonds is 8. The third kappa shape index (κ3) is 3.71. The van der Waals surface area contributed by atoms with Gasteiger partial charge in [0.2, 0.25) is 0 Å². The van der Waals surface area contributed by atoms with E-state index in [0.29, 0.717) is 13.2 Å². The van der Waals surface area contributed by atoms with E-state index in [9.17, 15) is 4.79 Å². The fourth-order valence-corrected chi connectivity index (χ4v) is 3.59. The Morgan fingerprint density at radius 3 is 2.67 bits per heavy atom. The number of hydrogen-bond acceptors (Lipinski definition) is 6. The highest BCUT2D eigenvalue weighted by molar-refractivity contribution is 5.76. The van der Waals surface area contributed by atoms with Gasteiger partial charge in [-0.1, -0.05) is 12.1 Å². The summed E-state index contributed by atoms with van der Waals surface area (Å²) < 4.78 is 27.1. The van der Waals surface area contributed by atoms with Gasteiger partial charge in [0, 0.05) is 13.0 Å². The maximum absolute atomic E-state index is 12.0. The van der Waals surface area contributed by atoms with E-state index < -0.39 is 0 Å². The summed E-state index contributed by atoms with van der Waals surface area (Å²) in [7, 11) is 3.23. The highest BCUT2D eigenvalue weighted by Crippen LogP contribution is 2.43. The van der Waals surface area contributed by atoms with Crippen molar-refractivity contribution in [3.8, 4) is 5.75 Å². The Morgan fingerprint density at radius 1 is 1.17 bits per heavy atom. The van der Waals surface area contributed by atoms with Crippen molar-refractivity contribution in [2.75, 3.05) is 27.6 Å². The molecule has 1 saturated heterocycles. The average molecular weight is 336 g/mol. The van der Waals surface area contributed by atoms with Crippen LogP contribution in [-0.4, -0.2) is 45.8 Å². The van der Waals surface area contributed by atoms with Crippen LogP contribution < -0.4 is 4.74 Å². The van der Waals surface area contributed by atoms with Crippen LogP contribution >= 0.6 is 0 Å². The number of carbonyl (C=O) groups is 1. The summed E-state index contributed by atoms with van der Waals surface area (Å²) in [6, 6.07) is 7.72. The topological polar surface area (TPSA) is 63.2 Å². The van der Waals surface area contributed by atoms with Gasteiger partial charge in [0.1, 0.15) is 18.6 Å². The molecular formula is C18H24O6. The number of fused-ring (bicyclic) bond motifs is 1. The maximum atomic E-state index is 12.0. The zero-order chi connectivity index (χ0) is 16.9. The SMILES string of the molecule is COCO[C@@H]1CC[C@@H]2C(=O)O[C@H](COCc3ccc(OC)cc3)[C@@H]21. The molecule has 24 heavy (non-hydrogen) atoms. The molecule has 0 spiro atoms. The molecule has 4 atom stereocenters. The van der Waals surface area contributed by atoms with E-state index in [1.54, 1.807) is 14.2 Å². The van der Waals surface area contributed by atoms with Gasteiger partial charge in [-0.15, -0.1) is 0 Å². The first-order valence-electron chi connectivity index (χ1n) is 8.24. The first-order valence-corrected chi connectivity index (χ1v) is 8.24. The molecule has 1 aromatic rings. The van der Waals surface area contributed by atoms with Crippen LogP contribution in [0.5, 0.6) is 5.75 Å². The van der Waals surface area contributed by atoms with Crippen molar-refractivity contribution >= 4 is 5.97 Å². The maximum Gasteiger partial charge on any atom is 0.309 e. The summed E-state index contributed by atoms with van der Waals surface area (Å²) in [5.41, 5.74) is 1.05. The minimum absolute atomic E-state index is 0.00372. The third-order valence-corrected chi connectivity index (χ3v) is 4.77. The number of hydrogen-bond donors (Lipinski definition) is 0. The molecule has 0 aromatic heterocycles. The van der Waals surface area contributed by atoms with Crippen LogP contribution in [0.4, 0.5) is 0 Å². The van der Waals surface area contributed by atoms with Gasteiger partial charge in [-0.3, -0.25) is 4.79 Å². The molecule has 1 saturated carbocycles. The molecule has 2 fully saturated rings. The number of ether oxygens (including phenoxy) is 5. The Bertz CT molecular complexity index is 543. The second-order valence-electron chi connectivity index (χ2n) is 6.21. The van der Waals surface area contributed by atoms with Gasteiger partial charge in [-0.05, 0) is 30.5 Å². The largest absolute Gasteiger partial charge is 0.497 e. The van der Waals surface area contributed by atoms with Crippen LogP contribution in [-0.2, 0) is 30.3 Å². The van der Waals surface area contributed by atoms with Gasteiger partial charge in [0.05, 0.1) is 32.3 Å². The molecule has 1 aromatic carbocycles. The van der Waals surface area contributed by atoms with E-state index in [2.05, 4.69) is 0 Å². The molecule has 6 heteroatoms. The molecule has 3 rings (SSSR count). The van der Waals surface area contributed by atoms with E-state index in [1.807, 2.05) is 24.3 Å². The van der Waals surface area contributed by atoms with Crippen LogP contribution in [0.25, 0.3) is 0 Å². The van der Waals surface area contributed by atoms with E-state index in [1.165, 1.54) is 0 Å². The fraction of sp³-hybridized carbons (Fsp3) is 0.611. The standard InChI is InChI=1S/C18H24O6/c1-20-11-23-15-8-7-14-17(15)16(24-18(14)19)10-22-9-12-3-5-13(21-2)6-4-12/h3-6,14-17H,7-11H2,1-2H3/t14-,15+,16+,17-/m0/s1. The van der Waals surface area contributed by atoms with Crippen molar-refractivity contribution in [1.29, 1.82) is 0 Å². The number of esters is 1. The highest BCUT2D eigenvalue weighted by Gasteiger charge is 2.52. The Labute approximate surface area is 142 Å². The number of carbonyl (C=O) groups excluding carboxylic acids is 1. The van der Waals surface area contributed by atoms with Crippen molar-refractivity contribution in [1.82, 2.24) is 0 Å². The lowest BCUT2D eigenvalue weighted by atomic mass is 9.93. The van der Waals surface area contributed by atoms with Crippen LogP contribution in [0.15, 0.2) is 24.3 Å². The molecule has 132 valence electrons. The van der Waals surface area contributed by atoms with Crippen LogP contribution in [0.1, 0.15) is 18.4 Å². The van der Waals surface area contributed by atoms with E-state index in [4.69, 9.17) is 23.7 Å². The smallest absolute Gasteiger partial charge is 0.309 e. The normalized spacial score (nSPS) is 28.7. The zero-order valence-electron chi connectivity index (χ0n) is 14.1. The Balaban J connectivity index is 1.52. The van der Waals surface area contributed by atoms with Gasteiger partial charge in [-0.2, -0.15) is 0 Å². The number of benzene rings is 1. The summed E-state index contributed by atoms with van der Waals surface area (Å²) in [5, 5.41) is 0. The summed E-state index contributed by atoms with van der Waals surface area (Å²) >= 11 is 0. The fourth-order valence-electron chi connectivity index (χ4n) is 3.59. The minimum atomic E-state index is -0.245. The third-order valence-electron chi connectivity index (χ3n) is 4.77. The number of cyclic esters (lactones) is 1. The predicted octanol–water partition coefficient (Wildman–Crippen LogP) is 2.15. The van der Waals surface area contributed by atoms with Gasteiger partial charge in [0.25, 0.3) is 0 Å². The molecule has 0 radical (unpaired) electrons. The molecule has 1 aliphatic carbocycles. The van der Waals surface area contributed by atoms with E-state index in [0.717, 1.165) is 24.2 Å². The second-order valence-corrected chi connectivity index (χ2v) is 6.21. The van der Waals surface area contributed by atoms with Crippen molar-refractivity contribution < 1.29 is 28.5 Å². The molecule has 6 nitrogen and oxygen atoms in total. The molecule has 0 amide bonds. The lowest BCUT2D eigenvalue weighted by Crippen LogP contribution is -2.32. The van der Waals surface area contributed by atoms with Crippen molar-refractivity contribution in [3.05, 3.63) is 29.8 Å². The van der Waals surface area contributed by atoms with E-state index in [-0.39, 0.29) is 36.8 Å².